The minimum absolute atomic E-state index is 0.0590. The molecule has 1 unspecified atom stereocenters. The highest BCUT2D eigenvalue weighted by Gasteiger charge is 2.38. The Balaban J connectivity index is 2.88. The second-order valence-electron chi connectivity index (χ2n) is 4.61. The molecule has 24 heavy (non-hydrogen) atoms. The Morgan fingerprint density at radius 1 is 1.04 bits per heavy atom. The van der Waals surface area contributed by atoms with Crippen LogP contribution in [0.3, 0.4) is 0 Å². The molecule has 0 spiro atoms. The lowest BCUT2D eigenvalue weighted by molar-refractivity contribution is -0.125. The zero-order valence-electron chi connectivity index (χ0n) is 11.7. The van der Waals surface area contributed by atoms with Gasteiger partial charge in [0.25, 0.3) is 10.5 Å². The number of imide groups is 1. The Morgan fingerprint density at radius 2 is 1.50 bits per heavy atom. The van der Waals surface area contributed by atoms with Crippen LogP contribution >= 0.6 is 103 Å². The monoisotopic (exact) mass is 723 g/mol. The SMILES string of the molecule is CC1SCC(=O)N(c2c(I)c(C(=O)Cl)c(I)c(C(=O)Cl)c2I)C1=O. The Kier molecular flexibility index (Phi) is 7.24. The van der Waals surface area contributed by atoms with Crippen LogP contribution in [0.1, 0.15) is 27.6 Å². The molecule has 0 aliphatic carbocycles. The number of nitrogens with zero attached hydrogens (tertiary/aromatic N) is 1. The number of halogens is 5. The van der Waals surface area contributed by atoms with Gasteiger partial charge in [0.2, 0.25) is 11.8 Å². The van der Waals surface area contributed by atoms with E-state index in [-0.39, 0.29) is 22.6 Å². The molecule has 128 valence electrons. The molecule has 1 saturated heterocycles. The smallest absolute Gasteiger partial charge is 0.254 e. The van der Waals surface area contributed by atoms with Gasteiger partial charge in [0.15, 0.2) is 0 Å². The quantitative estimate of drug-likeness (QED) is 0.265. The van der Waals surface area contributed by atoms with Crippen molar-refractivity contribution in [2.45, 2.75) is 12.2 Å². The number of hydrogen-bond acceptors (Lipinski definition) is 5. The number of rotatable bonds is 3. The second-order valence-corrected chi connectivity index (χ2v) is 9.86. The number of anilines is 1. The average molecular weight is 724 g/mol. The van der Waals surface area contributed by atoms with Crippen molar-refractivity contribution >= 4 is 131 Å². The molecule has 1 aliphatic heterocycles. The molecule has 1 aromatic carbocycles. The number of carbonyl (C=O) groups excluding carboxylic acids is 4. The van der Waals surface area contributed by atoms with E-state index in [2.05, 4.69) is 0 Å². The molecule has 1 heterocycles. The van der Waals surface area contributed by atoms with E-state index in [0.29, 0.717) is 10.7 Å². The van der Waals surface area contributed by atoms with E-state index < -0.39 is 27.5 Å². The van der Waals surface area contributed by atoms with Gasteiger partial charge in [0, 0.05) is 3.57 Å². The van der Waals surface area contributed by atoms with Crippen molar-refractivity contribution in [2.75, 3.05) is 10.7 Å². The fourth-order valence-electron chi connectivity index (χ4n) is 2.06. The van der Waals surface area contributed by atoms with Crippen molar-refractivity contribution in [1.29, 1.82) is 0 Å². The summed E-state index contributed by atoms with van der Waals surface area (Å²) in [5.74, 6) is -0.699. The maximum Gasteiger partial charge on any atom is 0.254 e. The molecular formula is C13H6Cl2I3NO4S. The molecule has 11 heteroatoms. The van der Waals surface area contributed by atoms with E-state index in [0.717, 1.165) is 4.90 Å². The van der Waals surface area contributed by atoms with Crippen molar-refractivity contribution in [3.63, 3.8) is 0 Å². The largest absolute Gasteiger partial charge is 0.276 e. The molecule has 1 aliphatic rings. The van der Waals surface area contributed by atoms with E-state index in [9.17, 15) is 19.2 Å². The second kappa shape index (κ2) is 8.23. The minimum Gasteiger partial charge on any atom is -0.276 e. The van der Waals surface area contributed by atoms with Gasteiger partial charge in [0.1, 0.15) is 0 Å². The van der Waals surface area contributed by atoms with Crippen LogP contribution in [0.5, 0.6) is 0 Å². The van der Waals surface area contributed by atoms with Crippen LogP contribution in [0.15, 0.2) is 0 Å². The maximum absolute atomic E-state index is 12.5. The van der Waals surface area contributed by atoms with Gasteiger partial charge in [-0.2, -0.15) is 0 Å². The average Bonchev–Trinajstić information content (AvgIpc) is 2.45. The van der Waals surface area contributed by atoms with Crippen molar-refractivity contribution < 1.29 is 19.2 Å². The Bertz CT molecular complexity index is 761. The van der Waals surface area contributed by atoms with Crippen molar-refractivity contribution in [3.05, 3.63) is 21.8 Å². The normalized spacial score (nSPS) is 18.1. The van der Waals surface area contributed by atoms with Crippen LogP contribution < -0.4 is 4.90 Å². The van der Waals surface area contributed by atoms with Gasteiger partial charge in [-0.1, -0.05) is 0 Å². The molecular weight excluding hydrogens is 718 g/mol. The van der Waals surface area contributed by atoms with E-state index in [4.69, 9.17) is 23.2 Å². The summed E-state index contributed by atoms with van der Waals surface area (Å²) < 4.78 is 0.970. The number of hydrogen-bond donors (Lipinski definition) is 0. The zero-order chi connectivity index (χ0) is 18.3. The molecule has 0 bridgehead atoms. The summed E-state index contributed by atoms with van der Waals surface area (Å²) >= 11 is 18.1. The third kappa shape index (κ3) is 3.75. The third-order valence-electron chi connectivity index (χ3n) is 3.18. The van der Waals surface area contributed by atoms with Gasteiger partial charge in [-0.05, 0) is 97.9 Å². The molecule has 2 amide bonds. The lowest BCUT2D eigenvalue weighted by atomic mass is 10.1. The number of benzene rings is 1. The summed E-state index contributed by atoms with van der Waals surface area (Å²) in [5.41, 5.74) is 0.305. The van der Waals surface area contributed by atoms with Crippen molar-refractivity contribution in [1.82, 2.24) is 0 Å². The number of carbonyl (C=O) groups is 4. The fourth-order valence-corrected chi connectivity index (χ4v) is 8.48. The first-order chi connectivity index (χ1) is 11.1. The van der Waals surface area contributed by atoms with E-state index >= 15 is 0 Å². The van der Waals surface area contributed by atoms with Crippen LogP contribution in [0.4, 0.5) is 5.69 Å². The third-order valence-corrected chi connectivity index (χ3v) is 7.86. The van der Waals surface area contributed by atoms with Crippen molar-refractivity contribution in [2.24, 2.45) is 0 Å². The Hall–Kier alpha value is 0.820. The summed E-state index contributed by atoms with van der Waals surface area (Å²) in [4.78, 5) is 49.6. The first-order valence-corrected chi connectivity index (χ1v) is 11.2. The molecule has 0 N–H and O–H groups in total. The topological polar surface area (TPSA) is 71.5 Å². The molecule has 1 atom stereocenters. The van der Waals surface area contributed by atoms with E-state index in [1.807, 2.05) is 67.8 Å². The summed E-state index contributed by atoms with van der Waals surface area (Å²) in [7, 11) is 0. The van der Waals surface area contributed by atoms with Gasteiger partial charge in [-0.3, -0.25) is 19.2 Å². The molecule has 5 nitrogen and oxygen atoms in total. The maximum atomic E-state index is 12.5. The Labute approximate surface area is 192 Å². The predicted molar refractivity (Wildman–Crippen MR) is 119 cm³/mol. The van der Waals surface area contributed by atoms with Gasteiger partial charge in [0.05, 0.1) is 35.0 Å². The molecule has 2 rings (SSSR count). The van der Waals surface area contributed by atoms with Crippen LogP contribution in [-0.2, 0) is 9.59 Å². The summed E-state index contributed by atoms with van der Waals surface area (Å²) in [5, 5.41) is -2.00. The van der Waals surface area contributed by atoms with Crippen LogP contribution in [0, 0.1) is 10.7 Å². The highest BCUT2D eigenvalue weighted by Crippen LogP contribution is 2.40. The number of thioether (sulfide) groups is 1. The van der Waals surface area contributed by atoms with Crippen LogP contribution in [0.25, 0.3) is 0 Å². The standard InChI is InChI=1S/C13H6Cl2I3NO4S/c1-3-13(23)19(4(20)2-24-3)10-8(17)5(11(14)21)7(16)6(9(10)18)12(15)22/h3H,2H2,1H3. The van der Waals surface area contributed by atoms with Gasteiger partial charge in [-0.15, -0.1) is 11.8 Å². The highest BCUT2D eigenvalue weighted by molar-refractivity contribution is 14.1. The summed E-state index contributed by atoms with van der Waals surface area (Å²) in [6.07, 6.45) is 0. The summed E-state index contributed by atoms with van der Waals surface area (Å²) in [6, 6.07) is 0. The first kappa shape index (κ1) is 21.1. The molecule has 0 radical (unpaired) electrons. The molecule has 0 aromatic heterocycles. The van der Waals surface area contributed by atoms with Crippen molar-refractivity contribution in [3.8, 4) is 0 Å². The van der Waals surface area contributed by atoms with Crippen LogP contribution in [-0.4, -0.2) is 33.3 Å². The fraction of sp³-hybridized carbons (Fsp3) is 0.231. The predicted octanol–water partition coefficient (Wildman–Crippen LogP) is 4.25. The molecule has 1 fully saturated rings. The van der Waals surface area contributed by atoms with Crippen LogP contribution in [0.2, 0.25) is 0 Å². The van der Waals surface area contributed by atoms with E-state index in [1.54, 1.807) is 6.92 Å². The number of amides is 2. The highest BCUT2D eigenvalue weighted by atomic mass is 127. The van der Waals surface area contributed by atoms with Gasteiger partial charge >= 0.3 is 0 Å². The van der Waals surface area contributed by atoms with Gasteiger partial charge in [-0.25, -0.2) is 4.90 Å². The summed E-state index contributed by atoms with van der Waals surface area (Å²) in [6.45, 7) is 1.69. The first-order valence-electron chi connectivity index (χ1n) is 6.18. The molecule has 1 aromatic rings. The van der Waals surface area contributed by atoms with Gasteiger partial charge < -0.3 is 0 Å². The minimum atomic E-state index is -0.792. The lowest BCUT2D eigenvalue weighted by Crippen LogP contribution is -2.47. The molecule has 0 saturated carbocycles. The Morgan fingerprint density at radius 3 is 1.92 bits per heavy atom. The van der Waals surface area contributed by atoms with E-state index in [1.165, 1.54) is 11.8 Å². The lowest BCUT2D eigenvalue weighted by Gasteiger charge is -2.31. The zero-order valence-corrected chi connectivity index (χ0v) is 20.5.